The third-order valence-corrected chi connectivity index (χ3v) is 4.71. The average molecular weight is 337 g/mol. The SMILES string of the molecule is CCc1nc([C@H]2CCCN(C(=O)CCOC[C@H]3CCCO3)C2)no1. The largest absolute Gasteiger partial charge is 0.378 e. The van der Waals surface area contributed by atoms with Crippen LogP contribution in [0.25, 0.3) is 0 Å². The van der Waals surface area contributed by atoms with Crippen molar-refractivity contribution in [2.75, 3.05) is 32.9 Å². The first-order valence-corrected chi connectivity index (χ1v) is 9.06. The Morgan fingerprint density at radius 2 is 2.29 bits per heavy atom. The summed E-state index contributed by atoms with van der Waals surface area (Å²) in [6, 6.07) is 0. The first kappa shape index (κ1) is 17.4. The molecule has 0 aromatic carbocycles. The fraction of sp³-hybridized carbons (Fsp3) is 0.824. The molecule has 2 saturated heterocycles. The number of nitrogens with zero attached hydrogens (tertiary/aromatic N) is 3. The molecule has 7 nitrogen and oxygen atoms in total. The van der Waals surface area contributed by atoms with Crippen LogP contribution >= 0.6 is 0 Å². The van der Waals surface area contributed by atoms with E-state index in [2.05, 4.69) is 10.1 Å². The van der Waals surface area contributed by atoms with Gasteiger partial charge in [0.1, 0.15) is 0 Å². The second-order valence-electron chi connectivity index (χ2n) is 6.54. The van der Waals surface area contributed by atoms with Gasteiger partial charge in [-0.1, -0.05) is 12.1 Å². The molecule has 0 spiro atoms. The molecule has 1 aromatic rings. The monoisotopic (exact) mass is 337 g/mol. The Morgan fingerprint density at radius 3 is 3.04 bits per heavy atom. The summed E-state index contributed by atoms with van der Waals surface area (Å²) in [6.07, 6.45) is 5.52. The summed E-state index contributed by atoms with van der Waals surface area (Å²) in [4.78, 5) is 18.7. The summed E-state index contributed by atoms with van der Waals surface area (Å²) in [6.45, 7) is 5.36. The van der Waals surface area contributed by atoms with Crippen molar-refractivity contribution >= 4 is 5.91 Å². The zero-order chi connectivity index (χ0) is 16.8. The number of aromatic nitrogens is 2. The number of piperidine rings is 1. The molecule has 0 radical (unpaired) electrons. The lowest BCUT2D eigenvalue weighted by Crippen LogP contribution is -2.39. The Morgan fingerprint density at radius 1 is 1.38 bits per heavy atom. The molecule has 7 heteroatoms. The maximum absolute atomic E-state index is 12.4. The van der Waals surface area contributed by atoms with Crippen molar-refractivity contribution in [1.29, 1.82) is 0 Å². The molecule has 0 N–H and O–H groups in total. The van der Waals surface area contributed by atoms with E-state index in [1.807, 2.05) is 11.8 Å². The van der Waals surface area contributed by atoms with Crippen LogP contribution in [0.1, 0.15) is 56.7 Å². The topological polar surface area (TPSA) is 77.7 Å². The molecular weight excluding hydrogens is 310 g/mol. The molecule has 0 bridgehead atoms. The second-order valence-corrected chi connectivity index (χ2v) is 6.54. The maximum Gasteiger partial charge on any atom is 0.226 e. The van der Waals surface area contributed by atoms with Crippen LogP contribution in [-0.2, 0) is 20.7 Å². The summed E-state index contributed by atoms with van der Waals surface area (Å²) in [5, 5.41) is 4.06. The van der Waals surface area contributed by atoms with E-state index < -0.39 is 0 Å². The molecule has 2 aliphatic heterocycles. The highest BCUT2D eigenvalue weighted by Gasteiger charge is 2.27. The normalized spacial score (nSPS) is 24.5. The minimum atomic E-state index is 0.145. The Kier molecular flexibility index (Phi) is 6.20. The highest BCUT2D eigenvalue weighted by atomic mass is 16.5. The summed E-state index contributed by atoms with van der Waals surface area (Å²) >= 11 is 0. The van der Waals surface area contributed by atoms with Crippen molar-refractivity contribution in [3.05, 3.63) is 11.7 Å². The lowest BCUT2D eigenvalue weighted by Gasteiger charge is -2.31. The quantitative estimate of drug-likeness (QED) is 0.708. The predicted octanol–water partition coefficient (Wildman–Crippen LogP) is 1.92. The summed E-state index contributed by atoms with van der Waals surface area (Å²) in [5.74, 6) is 1.72. The van der Waals surface area contributed by atoms with Crippen LogP contribution in [0.2, 0.25) is 0 Å². The molecule has 3 heterocycles. The number of aryl methyl sites for hydroxylation is 1. The first-order chi connectivity index (χ1) is 11.8. The van der Waals surface area contributed by atoms with Crippen LogP contribution in [0.3, 0.4) is 0 Å². The Hall–Kier alpha value is -1.47. The van der Waals surface area contributed by atoms with Gasteiger partial charge in [-0.3, -0.25) is 4.79 Å². The van der Waals surface area contributed by atoms with Gasteiger partial charge in [-0.05, 0) is 25.7 Å². The van der Waals surface area contributed by atoms with Gasteiger partial charge in [0.2, 0.25) is 11.8 Å². The number of carbonyl (C=O) groups is 1. The van der Waals surface area contributed by atoms with E-state index in [1.165, 1.54) is 0 Å². The van der Waals surface area contributed by atoms with Gasteiger partial charge < -0.3 is 18.9 Å². The van der Waals surface area contributed by atoms with Gasteiger partial charge >= 0.3 is 0 Å². The zero-order valence-electron chi connectivity index (χ0n) is 14.4. The van der Waals surface area contributed by atoms with E-state index in [-0.39, 0.29) is 17.9 Å². The second kappa shape index (κ2) is 8.58. The van der Waals surface area contributed by atoms with E-state index in [4.69, 9.17) is 14.0 Å². The van der Waals surface area contributed by atoms with E-state index in [1.54, 1.807) is 0 Å². The maximum atomic E-state index is 12.4. The molecule has 1 amide bonds. The number of ether oxygens (including phenoxy) is 2. The summed E-state index contributed by atoms with van der Waals surface area (Å²) in [7, 11) is 0. The van der Waals surface area contributed by atoms with Gasteiger partial charge in [0.15, 0.2) is 5.82 Å². The number of hydrogen-bond donors (Lipinski definition) is 0. The molecule has 0 aliphatic carbocycles. The molecule has 24 heavy (non-hydrogen) atoms. The Bertz CT molecular complexity index is 528. The van der Waals surface area contributed by atoms with E-state index in [0.29, 0.717) is 32.1 Å². The predicted molar refractivity (Wildman–Crippen MR) is 86.6 cm³/mol. The minimum Gasteiger partial charge on any atom is -0.378 e. The third-order valence-electron chi connectivity index (χ3n) is 4.71. The molecule has 2 atom stereocenters. The molecule has 2 aliphatic rings. The number of carbonyl (C=O) groups excluding carboxylic acids is 1. The molecule has 2 fully saturated rings. The van der Waals surface area contributed by atoms with Crippen molar-refractivity contribution in [1.82, 2.24) is 15.0 Å². The number of likely N-dealkylation sites (tertiary alicyclic amines) is 1. The molecule has 0 unspecified atom stereocenters. The number of amides is 1. The fourth-order valence-corrected chi connectivity index (χ4v) is 3.30. The van der Waals surface area contributed by atoms with Crippen LogP contribution in [0, 0.1) is 0 Å². The van der Waals surface area contributed by atoms with Gasteiger partial charge in [0.05, 0.1) is 25.7 Å². The van der Waals surface area contributed by atoms with E-state index >= 15 is 0 Å². The molecule has 3 rings (SSSR count). The van der Waals surface area contributed by atoms with Crippen molar-refractivity contribution in [2.24, 2.45) is 0 Å². The summed E-state index contributed by atoms with van der Waals surface area (Å²) < 4.78 is 16.3. The van der Waals surface area contributed by atoms with Gasteiger partial charge in [-0.15, -0.1) is 0 Å². The summed E-state index contributed by atoms with van der Waals surface area (Å²) in [5.41, 5.74) is 0. The number of hydrogen-bond acceptors (Lipinski definition) is 6. The minimum absolute atomic E-state index is 0.145. The van der Waals surface area contributed by atoms with Crippen LogP contribution < -0.4 is 0 Å². The zero-order valence-corrected chi connectivity index (χ0v) is 14.4. The molecular formula is C17H27N3O4. The Balaban J connectivity index is 1.41. The fourth-order valence-electron chi connectivity index (χ4n) is 3.30. The van der Waals surface area contributed by atoms with E-state index in [0.717, 1.165) is 51.1 Å². The lowest BCUT2D eigenvalue weighted by molar-refractivity contribution is -0.133. The molecule has 1 aromatic heterocycles. The molecule has 134 valence electrons. The standard InChI is InChI=1S/C17H27N3O4/c1-2-15-18-17(19-24-15)13-5-3-8-20(11-13)16(21)7-10-22-12-14-6-4-9-23-14/h13-14H,2-12H2,1H3/t13-,14+/m0/s1. The first-order valence-electron chi connectivity index (χ1n) is 9.06. The average Bonchev–Trinajstić information content (AvgIpc) is 3.30. The Labute approximate surface area is 142 Å². The van der Waals surface area contributed by atoms with Gasteiger partial charge in [0.25, 0.3) is 0 Å². The smallest absolute Gasteiger partial charge is 0.226 e. The number of rotatable bonds is 7. The van der Waals surface area contributed by atoms with Gasteiger partial charge in [0, 0.05) is 32.0 Å². The van der Waals surface area contributed by atoms with Crippen molar-refractivity contribution in [3.8, 4) is 0 Å². The van der Waals surface area contributed by atoms with Gasteiger partial charge in [-0.25, -0.2) is 0 Å². The van der Waals surface area contributed by atoms with Crippen LogP contribution in [0.5, 0.6) is 0 Å². The van der Waals surface area contributed by atoms with Gasteiger partial charge in [-0.2, -0.15) is 4.98 Å². The lowest BCUT2D eigenvalue weighted by atomic mass is 9.97. The molecule has 0 saturated carbocycles. The van der Waals surface area contributed by atoms with Crippen LogP contribution in [0.4, 0.5) is 0 Å². The van der Waals surface area contributed by atoms with E-state index in [9.17, 15) is 4.79 Å². The van der Waals surface area contributed by atoms with Crippen molar-refractivity contribution in [3.63, 3.8) is 0 Å². The highest BCUT2D eigenvalue weighted by Crippen LogP contribution is 2.25. The third kappa shape index (κ3) is 4.54. The van der Waals surface area contributed by atoms with Crippen molar-refractivity contribution < 1.29 is 18.8 Å². The van der Waals surface area contributed by atoms with Crippen LogP contribution in [-0.4, -0.2) is 60.0 Å². The highest BCUT2D eigenvalue weighted by molar-refractivity contribution is 5.76. The van der Waals surface area contributed by atoms with Crippen molar-refractivity contribution in [2.45, 2.75) is 57.5 Å². The van der Waals surface area contributed by atoms with Crippen LogP contribution in [0.15, 0.2) is 4.52 Å².